The normalized spacial score (nSPS) is 18.1. The van der Waals surface area contributed by atoms with Gasteiger partial charge in [-0.1, -0.05) is 6.07 Å². The number of nitriles is 1. The van der Waals surface area contributed by atoms with Gasteiger partial charge in [0.05, 0.1) is 24.1 Å². The average molecular weight is 494 g/mol. The van der Waals surface area contributed by atoms with Crippen molar-refractivity contribution in [2.75, 3.05) is 32.0 Å². The summed E-state index contributed by atoms with van der Waals surface area (Å²) in [6.45, 7) is 4.37. The molecule has 2 atom stereocenters. The molecule has 0 saturated carbocycles. The molecule has 1 saturated heterocycles. The van der Waals surface area contributed by atoms with Crippen LogP contribution in [-0.2, 0) is 6.54 Å². The van der Waals surface area contributed by atoms with Gasteiger partial charge in [0.15, 0.2) is 0 Å². The van der Waals surface area contributed by atoms with Crippen molar-refractivity contribution in [3.63, 3.8) is 0 Å². The highest BCUT2D eigenvalue weighted by Crippen LogP contribution is 2.26. The number of hydrogen-bond acceptors (Lipinski definition) is 10. The third-order valence-corrected chi connectivity index (χ3v) is 6.79. The summed E-state index contributed by atoms with van der Waals surface area (Å²) < 4.78 is 5.35. The summed E-state index contributed by atoms with van der Waals surface area (Å²) >= 11 is 1.60. The molecule has 4 heterocycles. The Morgan fingerprint density at radius 1 is 1.43 bits per heavy atom. The Balaban J connectivity index is 1.30. The smallest absolute Gasteiger partial charge is 0.270 e. The van der Waals surface area contributed by atoms with E-state index in [9.17, 15) is 15.2 Å². The molecule has 0 bridgehead atoms. The molecule has 3 aromatic rings. The molecule has 35 heavy (non-hydrogen) atoms. The molecule has 0 aromatic carbocycles. The molecule has 0 spiro atoms. The Labute approximate surface area is 207 Å². The Hall–Kier alpha value is -3.59. The number of ether oxygens (including phenoxy) is 1. The molecule has 1 fully saturated rings. The molecular weight excluding hydrogens is 466 g/mol. The molecule has 10 nitrogen and oxygen atoms in total. The lowest BCUT2D eigenvalue weighted by molar-refractivity contribution is 0.0193. The van der Waals surface area contributed by atoms with Gasteiger partial charge in [0.1, 0.15) is 22.3 Å². The zero-order valence-corrected chi connectivity index (χ0v) is 20.2. The second kappa shape index (κ2) is 11.2. The number of piperidine rings is 1. The minimum absolute atomic E-state index is 0.0442. The summed E-state index contributed by atoms with van der Waals surface area (Å²) in [5, 5.41) is 23.7. The molecule has 1 aliphatic heterocycles. The molecule has 0 radical (unpaired) electrons. The summed E-state index contributed by atoms with van der Waals surface area (Å²) in [6, 6.07) is 9.06. The van der Waals surface area contributed by atoms with Crippen molar-refractivity contribution in [2.45, 2.75) is 26.0 Å². The van der Waals surface area contributed by atoms with Crippen LogP contribution in [0.15, 0.2) is 36.7 Å². The van der Waals surface area contributed by atoms with E-state index in [1.54, 1.807) is 24.5 Å². The molecule has 4 N–H and O–H groups in total. The second-order valence-electron chi connectivity index (χ2n) is 8.23. The van der Waals surface area contributed by atoms with E-state index in [4.69, 9.17) is 10.5 Å². The maximum absolute atomic E-state index is 12.7. The maximum Gasteiger partial charge on any atom is 0.270 e. The monoisotopic (exact) mass is 493 g/mol. The van der Waals surface area contributed by atoms with Crippen LogP contribution in [0.4, 0.5) is 5.69 Å². The average Bonchev–Trinajstić information content (AvgIpc) is 3.32. The number of nitrogens with one attached hydrogen (secondary N) is 1. The summed E-state index contributed by atoms with van der Waals surface area (Å²) in [5.41, 5.74) is 7.07. The van der Waals surface area contributed by atoms with Crippen LogP contribution in [0.5, 0.6) is 5.88 Å². The fraction of sp³-hybridized carbons (Fsp3) is 0.375. The van der Waals surface area contributed by atoms with Crippen LogP contribution in [-0.4, -0.2) is 63.2 Å². The number of nitrogens with two attached hydrogens (primary N) is 1. The van der Waals surface area contributed by atoms with Crippen LogP contribution in [0.2, 0.25) is 0 Å². The third kappa shape index (κ3) is 5.92. The first kappa shape index (κ1) is 24.5. The Bertz CT molecular complexity index is 1210. The Morgan fingerprint density at radius 3 is 3.00 bits per heavy atom. The lowest BCUT2D eigenvalue weighted by atomic mass is 9.93. The zero-order valence-electron chi connectivity index (χ0n) is 19.3. The number of anilines is 1. The van der Waals surface area contributed by atoms with Crippen molar-refractivity contribution >= 4 is 22.9 Å². The molecule has 1 amide bonds. The highest BCUT2D eigenvalue weighted by molar-refractivity contribution is 7.14. The van der Waals surface area contributed by atoms with Crippen molar-refractivity contribution in [3.05, 3.63) is 52.8 Å². The van der Waals surface area contributed by atoms with E-state index in [1.165, 1.54) is 6.07 Å². The van der Waals surface area contributed by atoms with Gasteiger partial charge in [0.2, 0.25) is 5.88 Å². The van der Waals surface area contributed by atoms with E-state index in [1.807, 2.05) is 30.5 Å². The lowest BCUT2D eigenvalue weighted by Crippen LogP contribution is -2.47. The number of likely N-dealkylation sites (tertiary alicyclic amines) is 1. The number of carbonyl (C=O) groups is 1. The maximum atomic E-state index is 12.7. The largest absolute Gasteiger partial charge is 0.477 e. The van der Waals surface area contributed by atoms with Crippen molar-refractivity contribution in [2.24, 2.45) is 5.92 Å². The number of carbonyl (C=O) groups excluding carboxylic acids is 1. The van der Waals surface area contributed by atoms with Crippen molar-refractivity contribution in [1.29, 1.82) is 5.26 Å². The summed E-state index contributed by atoms with van der Waals surface area (Å²) in [4.78, 5) is 28.9. The van der Waals surface area contributed by atoms with Crippen molar-refractivity contribution < 1.29 is 14.6 Å². The third-order valence-electron chi connectivity index (χ3n) is 5.79. The number of rotatable bonds is 8. The summed E-state index contributed by atoms with van der Waals surface area (Å²) in [7, 11) is 0. The van der Waals surface area contributed by atoms with Crippen LogP contribution >= 0.6 is 11.3 Å². The van der Waals surface area contributed by atoms with Gasteiger partial charge in [-0.2, -0.15) is 5.26 Å². The SMILES string of the molecule is CCOc1nc(C(=O)NC[C@H]2CCN(Cc3cnc(-c4ccccn4)s3)C[C@H]2O)cc(N)c1C#N. The van der Waals surface area contributed by atoms with Gasteiger partial charge in [0, 0.05) is 42.8 Å². The number of aliphatic hydroxyl groups is 1. The van der Waals surface area contributed by atoms with Crippen LogP contribution in [0.1, 0.15) is 34.3 Å². The zero-order chi connectivity index (χ0) is 24.8. The lowest BCUT2D eigenvalue weighted by Gasteiger charge is -2.35. The number of aliphatic hydroxyl groups excluding tert-OH is 1. The summed E-state index contributed by atoms with van der Waals surface area (Å²) in [5.74, 6) is -0.464. The number of aromatic nitrogens is 3. The van der Waals surface area contributed by atoms with E-state index >= 15 is 0 Å². The van der Waals surface area contributed by atoms with Crippen molar-refractivity contribution in [3.8, 4) is 22.7 Å². The molecule has 0 unspecified atom stereocenters. The predicted octanol–water partition coefficient (Wildman–Crippen LogP) is 2.07. The first-order valence-electron chi connectivity index (χ1n) is 11.4. The Morgan fingerprint density at radius 2 is 2.29 bits per heavy atom. The van der Waals surface area contributed by atoms with Crippen LogP contribution < -0.4 is 15.8 Å². The van der Waals surface area contributed by atoms with E-state index in [-0.39, 0.29) is 28.7 Å². The van der Waals surface area contributed by atoms with E-state index in [0.29, 0.717) is 26.2 Å². The minimum atomic E-state index is -0.579. The van der Waals surface area contributed by atoms with Gasteiger partial charge in [-0.05, 0) is 38.1 Å². The van der Waals surface area contributed by atoms with E-state index in [0.717, 1.165) is 28.5 Å². The van der Waals surface area contributed by atoms with Gasteiger partial charge >= 0.3 is 0 Å². The quantitative estimate of drug-likeness (QED) is 0.428. The number of nitrogen functional groups attached to an aromatic ring is 1. The number of amides is 1. The fourth-order valence-corrected chi connectivity index (χ4v) is 4.89. The van der Waals surface area contributed by atoms with Crippen LogP contribution in [0.3, 0.4) is 0 Å². The molecule has 3 aromatic heterocycles. The van der Waals surface area contributed by atoms with Gasteiger partial charge in [0.25, 0.3) is 5.91 Å². The van der Waals surface area contributed by atoms with E-state index in [2.05, 4.69) is 25.2 Å². The number of β-amino-alcohol motifs (C(OH)–C–C–N with tert-alkyl or cyclic N) is 1. The number of nitrogens with zero attached hydrogens (tertiary/aromatic N) is 5. The topological polar surface area (TPSA) is 150 Å². The Kier molecular flexibility index (Phi) is 7.87. The van der Waals surface area contributed by atoms with Gasteiger partial charge in [-0.15, -0.1) is 11.3 Å². The standard InChI is InChI=1S/C24H27N7O3S/c1-2-34-23-17(10-25)18(26)9-20(30-23)22(33)28-11-15-6-8-31(14-21(15)32)13-16-12-29-24(35-16)19-5-3-4-7-27-19/h3-5,7,9,12,15,21,32H,2,6,8,11,13-14H2,1H3,(H2,26,30)(H,28,33)/t15-,21-/m1/s1. The van der Waals surface area contributed by atoms with Crippen LogP contribution in [0, 0.1) is 17.2 Å². The number of pyridine rings is 2. The highest BCUT2D eigenvalue weighted by Gasteiger charge is 2.29. The molecule has 1 aliphatic rings. The predicted molar refractivity (Wildman–Crippen MR) is 132 cm³/mol. The fourth-order valence-electron chi connectivity index (χ4n) is 3.96. The first-order chi connectivity index (χ1) is 17.0. The molecule has 11 heteroatoms. The van der Waals surface area contributed by atoms with Crippen molar-refractivity contribution in [1.82, 2.24) is 25.2 Å². The first-order valence-corrected chi connectivity index (χ1v) is 12.2. The van der Waals surface area contributed by atoms with Gasteiger partial charge < -0.3 is 20.9 Å². The van der Waals surface area contributed by atoms with Gasteiger partial charge in [-0.25, -0.2) is 9.97 Å². The number of hydrogen-bond donors (Lipinski definition) is 3. The van der Waals surface area contributed by atoms with E-state index < -0.39 is 12.0 Å². The van der Waals surface area contributed by atoms with Gasteiger partial charge in [-0.3, -0.25) is 14.7 Å². The molecular formula is C24H27N7O3S. The molecule has 182 valence electrons. The minimum Gasteiger partial charge on any atom is -0.477 e. The second-order valence-corrected chi connectivity index (χ2v) is 9.34. The number of thiazole rings is 1. The highest BCUT2D eigenvalue weighted by atomic mass is 32.1. The van der Waals surface area contributed by atoms with Crippen LogP contribution in [0.25, 0.3) is 10.7 Å². The summed E-state index contributed by atoms with van der Waals surface area (Å²) in [6.07, 6.45) is 3.77. The molecule has 0 aliphatic carbocycles. The molecule has 4 rings (SSSR count).